The highest BCUT2D eigenvalue weighted by Crippen LogP contribution is 2.27. The molecule has 96 valence electrons. The first-order valence-corrected chi connectivity index (χ1v) is 6.70. The molecule has 0 aliphatic heterocycles. The highest BCUT2D eigenvalue weighted by molar-refractivity contribution is 7.84. The minimum absolute atomic E-state index is 0.0263. The molecule has 1 aromatic rings. The van der Waals surface area contributed by atoms with Gasteiger partial charge in [-0.25, -0.2) is 4.68 Å². The third-order valence-electron chi connectivity index (χ3n) is 2.50. The zero-order valence-electron chi connectivity index (χ0n) is 10.3. The molecule has 1 aromatic heterocycles. The summed E-state index contributed by atoms with van der Waals surface area (Å²) in [6, 6.07) is 0. The predicted molar refractivity (Wildman–Crippen MR) is 66.6 cm³/mol. The Balaban J connectivity index is 2.91. The van der Waals surface area contributed by atoms with Crippen molar-refractivity contribution in [1.29, 1.82) is 0 Å². The average Bonchev–Trinajstić information content (AvgIpc) is 2.49. The molecule has 0 amide bonds. The van der Waals surface area contributed by atoms with Crippen molar-refractivity contribution in [2.75, 3.05) is 18.1 Å². The Morgan fingerprint density at radius 2 is 2.24 bits per heavy atom. The average molecular weight is 260 g/mol. The van der Waals surface area contributed by atoms with Crippen molar-refractivity contribution in [3.63, 3.8) is 0 Å². The maximum absolute atomic E-state index is 11.2. The van der Waals surface area contributed by atoms with Gasteiger partial charge in [0.05, 0.1) is 4.92 Å². The number of nitrogens with zero attached hydrogens (tertiary/aromatic N) is 3. The van der Waals surface area contributed by atoms with Gasteiger partial charge in [-0.05, 0) is 13.8 Å². The Morgan fingerprint density at radius 3 is 2.71 bits per heavy atom. The van der Waals surface area contributed by atoms with Crippen LogP contribution >= 0.6 is 0 Å². The smallest absolute Gasteiger partial charge is 0.333 e. The van der Waals surface area contributed by atoms with Gasteiger partial charge in [0.1, 0.15) is 5.69 Å². The van der Waals surface area contributed by atoms with E-state index in [9.17, 15) is 14.3 Å². The quantitative estimate of drug-likeness (QED) is 0.625. The lowest BCUT2D eigenvalue weighted by atomic mass is 10.3. The SMILES string of the molecule is Cc1nn(C)c(NCC(C)S(C)=O)c1[N+](=O)[O-]. The van der Waals surface area contributed by atoms with Gasteiger partial charge in [0.15, 0.2) is 0 Å². The summed E-state index contributed by atoms with van der Waals surface area (Å²) >= 11 is 0. The Labute approximate surface area is 102 Å². The molecule has 0 aliphatic rings. The van der Waals surface area contributed by atoms with Crippen molar-refractivity contribution in [2.24, 2.45) is 7.05 Å². The summed E-state index contributed by atoms with van der Waals surface area (Å²) in [5.41, 5.74) is 0.340. The Hall–Kier alpha value is -1.44. The molecule has 0 spiro atoms. The van der Waals surface area contributed by atoms with E-state index in [1.807, 2.05) is 6.92 Å². The van der Waals surface area contributed by atoms with Gasteiger partial charge >= 0.3 is 5.69 Å². The fourth-order valence-corrected chi connectivity index (χ4v) is 1.74. The second kappa shape index (κ2) is 5.26. The van der Waals surface area contributed by atoms with Gasteiger partial charge in [-0.15, -0.1) is 0 Å². The molecule has 0 saturated carbocycles. The summed E-state index contributed by atoms with van der Waals surface area (Å²) in [6.45, 7) is 3.81. The Kier molecular flexibility index (Phi) is 4.22. The number of aromatic nitrogens is 2. The molecule has 0 saturated heterocycles. The van der Waals surface area contributed by atoms with E-state index in [-0.39, 0.29) is 10.9 Å². The van der Waals surface area contributed by atoms with E-state index in [1.165, 1.54) is 4.68 Å². The number of rotatable bonds is 5. The first-order valence-electron chi connectivity index (χ1n) is 5.08. The van der Waals surface area contributed by atoms with Crippen molar-refractivity contribution in [2.45, 2.75) is 19.1 Å². The highest BCUT2D eigenvalue weighted by Gasteiger charge is 2.24. The molecule has 2 atom stereocenters. The van der Waals surface area contributed by atoms with Crippen LogP contribution in [0, 0.1) is 17.0 Å². The number of hydrogen-bond acceptors (Lipinski definition) is 5. The predicted octanol–water partition coefficient (Wildman–Crippen LogP) is 0.816. The van der Waals surface area contributed by atoms with E-state index >= 15 is 0 Å². The Bertz CT molecular complexity index is 457. The highest BCUT2D eigenvalue weighted by atomic mass is 32.2. The van der Waals surface area contributed by atoms with E-state index in [1.54, 1.807) is 20.2 Å². The van der Waals surface area contributed by atoms with Gasteiger partial charge in [0.2, 0.25) is 5.82 Å². The van der Waals surface area contributed by atoms with Crippen LogP contribution in [-0.4, -0.2) is 37.0 Å². The van der Waals surface area contributed by atoms with Crippen molar-refractivity contribution >= 4 is 22.3 Å². The molecule has 7 nitrogen and oxygen atoms in total. The Morgan fingerprint density at radius 1 is 1.65 bits per heavy atom. The van der Waals surface area contributed by atoms with Crippen LogP contribution in [0.2, 0.25) is 0 Å². The van der Waals surface area contributed by atoms with Crippen molar-refractivity contribution in [1.82, 2.24) is 9.78 Å². The van der Waals surface area contributed by atoms with Crippen LogP contribution in [0.5, 0.6) is 0 Å². The normalized spacial score (nSPS) is 14.4. The van der Waals surface area contributed by atoms with Gasteiger partial charge < -0.3 is 5.32 Å². The zero-order valence-corrected chi connectivity index (χ0v) is 11.1. The molecule has 1 N–H and O–H groups in total. The van der Waals surface area contributed by atoms with Crippen LogP contribution in [0.4, 0.5) is 11.5 Å². The lowest BCUT2D eigenvalue weighted by Crippen LogP contribution is -2.22. The summed E-state index contributed by atoms with van der Waals surface area (Å²) in [4.78, 5) is 10.4. The molecule has 2 unspecified atom stereocenters. The third kappa shape index (κ3) is 3.02. The van der Waals surface area contributed by atoms with E-state index in [4.69, 9.17) is 0 Å². The van der Waals surface area contributed by atoms with E-state index in [0.717, 1.165) is 0 Å². The summed E-state index contributed by atoms with van der Waals surface area (Å²) < 4.78 is 12.6. The van der Waals surface area contributed by atoms with Gasteiger partial charge in [0, 0.05) is 35.9 Å². The minimum Gasteiger partial charge on any atom is -0.363 e. The largest absolute Gasteiger partial charge is 0.363 e. The van der Waals surface area contributed by atoms with Crippen molar-refractivity contribution in [3.8, 4) is 0 Å². The van der Waals surface area contributed by atoms with Crippen LogP contribution < -0.4 is 5.32 Å². The van der Waals surface area contributed by atoms with Gasteiger partial charge in [-0.1, -0.05) is 0 Å². The molecule has 0 aliphatic carbocycles. The minimum atomic E-state index is -0.963. The first kappa shape index (κ1) is 13.6. The molecule has 0 bridgehead atoms. The van der Waals surface area contributed by atoms with E-state index in [0.29, 0.717) is 18.1 Å². The van der Waals surface area contributed by atoms with E-state index < -0.39 is 15.7 Å². The van der Waals surface area contributed by atoms with E-state index in [2.05, 4.69) is 10.4 Å². The van der Waals surface area contributed by atoms with Crippen molar-refractivity contribution in [3.05, 3.63) is 15.8 Å². The van der Waals surface area contributed by atoms with Crippen LogP contribution in [0.3, 0.4) is 0 Å². The summed E-state index contributed by atoms with van der Waals surface area (Å²) in [7, 11) is 0.672. The summed E-state index contributed by atoms with van der Waals surface area (Å²) in [6.07, 6.45) is 1.61. The maximum Gasteiger partial charge on any atom is 0.333 e. The molecule has 17 heavy (non-hydrogen) atoms. The number of hydrogen-bond donors (Lipinski definition) is 1. The fraction of sp³-hybridized carbons (Fsp3) is 0.667. The second-order valence-electron chi connectivity index (χ2n) is 3.85. The molecular formula is C9H16N4O3S. The molecule has 0 aromatic carbocycles. The maximum atomic E-state index is 11.2. The molecule has 0 fully saturated rings. The first-order chi connectivity index (χ1) is 7.84. The van der Waals surface area contributed by atoms with Crippen LogP contribution in [0.25, 0.3) is 0 Å². The van der Waals surface area contributed by atoms with Crippen LogP contribution in [0.15, 0.2) is 0 Å². The molecule has 1 heterocycles. The van der Waals surface area contributed by atoms with Gasteiger partial charge in [-0.2, -0.15) is 5.10 Å². The summed E-state index contributed by atoms with van der Waals surface area (Å²) in [5, 5.41) is 17.7. The van der Waals surface area contributed by atoms with Gasteiger partial charge in [0.25, 0.3) is 0 Å². The second-order valence-corrected chi connectivity index (χ2v) is 5.66. The molecule has 8 heteroatoms. The lowest BCUT2D eigenvalue weighted by molar-refractivity contribution is -0.384. The third-order valence-corrected chi connectivity index (χ3v) is 3.80. The topological polar surface area (TPSA) is 90.1 Å². The van der Waals surface area contributed by atoms with Crippen LogP contribution in [0.1, 0.15) is 12.6 Å². The van der Waals surface area contributed by atoms with Crippen molar-refractivity contribution < 1.29 is 9.13 Å². The summed E-state index contributed by atoms with van der Waals surface area (Å²) in [5.74, 6) is 0.352. The number of nitro groups is 1. The van der Waals surface area contributed by atoms with Gasteiger partial charge in [-0.3, -0.25) is 14.3 Å². The number of aryl methyl sites for hydroxylation is 2. The molecule has 1 rings (SSSR count). The number of anilines is 1. The number of nitrogens with one attached hydrogen (secondary N) is 1. The standard InChI is InChI=1S/C9H16N4O3S/c1-6(17(4)16)5-10-9-8(13(14)15)7(2)11-12(9)3/h6,10H,5H2,1-4H3. The van der Waals surface area contributed by atoms with Crippen LogP contribution in [-0.2, 0) is 17.8 Å². The monoisotopic (exact) mass is 260 g/mol. The zero-order chi connectivity index (χ0) is 13.2. The lowest BCUT2D eigenvalue weighted by Gasteiger charge is -2.10. The molecular weight excluding hydrogens is 244 g/mol. The fourth-order valence-electron chi connectivity index (χ4n) is 1.42. The molecule has 0 radical (unpaired) electrons.